The lowest BCUT2D eigenvalue weighted by Gasteiger charge is -2.26. The van der Waals surface area contributed by atoms with Crippen molar-refractivity contribution in [3.8, 4) is 0 Å². The number of rotatable bonds is 1. The van der Waals surface area contributed by atoms with Gasteiger partial charge in [0.2, 0.25) is 3.79 Å². The fourth-order valence-electron chi connectivity index (χ4n) is 2.40. The SMILES string of the molecule is OC(C1/C=C/CCCCCCCCC1)C(Cl)(Cl)Cl. The van der Waals surface area contributed by atoms with Gasteiger partial charge in [-0.1, -0.05) is 85.5 Å². The van der Waals surface area contributed by atoms with Gasteiger partial charge in [0.25, 0.3) is 0 Å². The van der Waals surface area contributed by atoms with Crippen molar-refractivity contribution < 1.29 is 5.11 Å². The summed E-state index contributed by atoms with van der Waals surface area (Å²) >= 11 is 17.4. The van der Waals surface area contributed by atoms with Crippen LogP contribution in [0.15, 0.2) is 12.2 Å². The van der Waals surface area contributed by atoms with Gasteiger partial charge >= 0.3 is 0 Å². The highest BCUT2D eigenvalue weighted by Crippen LogP contribution is 2.36. The van der Waals surface area contributed by atoms with E-state index in [1.807, 2.05) is 6.08 Å². The Morgan fingerprint density at radius 2 is 1.50 bits per heavy atom. The molecule has 0 aromatic carbocycles. The molecule has 1 N–H and O–H groups in total. The van der Waals surface area contributed by atoms with Crippen molar-refractivity contribution in [3.05, 3.63) is 12.2 Å². The minimum Gasteiger partial charge on any atom is -0.388 e. The third-order valence-corrected chi connectivity index (χ3v) is 4.20. The van der Waals surface area contributed by atoms with Gasteiger partial charge in [-0.15, -0.1) is 0 Å². The molecule has 0 heterocycles. The van der Waals surface area contributed by atoms with Crippen molar-refractivity contribution in [1.29, 1.82) is 0 Å². The first-order valence-corrected chi connectivity index (χ1v) is 8.06. The van der Waals surface area contributed by atoms with E-state index in [0.717, 1.165) is 19.3 Å². The number of aliphatic hydroxyl groups excluding tert-OH is 1. The van der Waals surface area contributed by atoms with Crippen LogP contribution in [0.2, 0.25) is 0 Å². The second-order valence-electron chi connectivity index (χ2n) is 5.13. The third-order valence-electron chi connectivity index (χ3n) is 3.53. The van der Waals surface area contributed by atoms with Crippen molar-refractivity contribution in [2.75, 3.05) is 0 Å². The monoisotopic (exact) mass is 312 g/mol. The zero-order chi connectivity index (χ0) is 13.4. The summed E-state index contributed by atoms with van der Waals surface area (Å²) in [6.07, 6.45) is 13.9. The fraction of sp³-hybridized carbons (Fsp3) is 0.857. The van der Waals surface area contributed by atoms with Gasteiger partial charge < -0.3 is 5.11 Å². The van der Waals surface area contributed by atoms with Crippen LogP contribution in [-0.4, -0.2) is 15.0 Å². The predicted octanol–water partition coefficient (Wildman–Crippen LogP) is 5.41. The van der Waals surface area contributed by atoms with Crippen LogP contribution < -0.4 is 0 Å². The molecular formula is C14H23Cl3O. The lowest BCUT2D eigenvalue weighted by atomic mass is 9.93. The van der Waals surface area contributed by atoms with Gasteiger partial charge in [0.1, 0.15) is 6.10 Å². The molecule has 0 spiro atoms. The van der Waals surface area contributed by atoms with Crippen LogP contribution in [0.4, 0.5) is 0 Å². The van der Waals surface area contributed by atoms with Gasteiger partial charge in [-0.2, -0.15) is 0 Å². The number of alkyl halides is 3. The van der Waals surface area contributed by atoms with E-state index in [9.17, 15) is 5.11 Å². The van der Waals surface area contributed by atoms with Crippen molar-refractivity contribution in [3.63, 3.8) is 0 Å². The molecule has 0 saturated carbocycles. The summed E-state index contributed by atoms with van der Waals surface area (Å²) < 4.78 is -1.59. The van der Waals surface area contributed by atoms with Gasteiger partial charge in [-0.3, -0.25) is 0 Å². The van der Waals surface area contributed by atoms with E-state index in [1.165, 1.54) is 38.5 Å². The van der Waals surface area contributed by atoms with E-state index in [2.05, 4.69) is 6.08 Å². The molecule has 18 heavy (non-hydrogen) atoms. The number of aliphatic hydroxyl groups is 1. The molecule has 2 atom stereocenters. The molecule has 0 aromatic heterocycles. The van der Waals surface area contributed by atoms with Crippen LogP contribution in [0.3, 0.4) is 0 Å². The second-order valence-corrected chi connectivity index (χ2v) is 7.50. The summed E-state index contributed by atoms with van der Waals surface area (Å²) in [5.74, 6) is -0.0445. The summed E-state index contributed by atoms with van der Waals surface area (Å²) in [4.78, 5) is 0. The zero-order valence-electron chi connectivity index (χ0n) is 10.8. The van der Waals surface area contributed by atoms with Crippen LogP contribution >= 0.6 is 34.8 Å². The third kappa shape index (κ3) is 6.65. The van der Waals surface area contributed by atoms with Crippen LogP contribution in [0.5, 0.6) is 0 Å². The van der Waals surface area contributed by atoms with Gasteiger partial charge in [-0.25, -0.2) is 0 Å². The summed E-state index contributed by atoms with van der Waals surface area (Å²) in [6.45, 7) is 0. The van der Waals surface area contributed by atoms with Crippen molar-refractivity contribution >= 4 is 34.8 Å². The molecule has 0 radical (unpaired) electrons. The summed E-state index contributed by atoms with van der Waals surface area (Å²) in [5, 5.41) is 10.1. The largest absolute Gasteiger partial charge is 0.388 e. The maximum Gasteiger partial charge on any atom is 0.216 e. The van der Waals surface area contributed by atoms with Gasteiger partial charge in [0.05, 0.1) is 0 Å². The quantitative estimate of drug-likeness (QED) is 0.506. The maximum absolute atomic E-state index is 10.1. The smallest absolute Gasteiger partial charge is 0.216 e. The van der Waals surface area contributed by atoms with Crippen molar-refractivity contribution in [2.45, 2.75) is 67.7 Å². The van der Waals surface area contributed by atoms with Gasteiger partial charge in [-0.05, 0) is 19.3 Å². The summed E-state index contributed by atoms with van der Waals surface area (Å²) in [5.41, 5.74) is 0. The normalized spacial score (nSPS) is 27.9. The first-order valence-electron chi connectivity index (χ1n) is 6.93. The molecule has 1 nitrogen and oxygen atoms in total. The average Bonchev–Trinajstić information content (AvgIpc) is 2.28. The molecular weight excluding hydrogens is 291 g/mol. The minimum absolute atomic E-state index is 0.0445. The lowest BCUT2D eigenvalue weighted by Crippen LogP contribution is -2.32. The fourth-order valence-corrected chi connectivity index (χ4v) is 2.88. The van der Waals surface area contributed by atoms with Crippen LogP contribution in [-0.2, 0) is 0 Å². The molecule has 1 aliphatic carbocycles. The Labute approximate surface area is 125 Å². The molecule has 2 unspecified atom stereocenters. The molecule has 0 amide bonds. The molecule has 0 aliphatic heterocycles. The van der Waals surface area contributed by atoms with E-state index < -0.39 is 9.90 Å². The first-order chi connectivity index (χ1) is 8.52. The number of halogens is 3. The Kier molecular flexibility index (Phi) is 8.02. The topological polar surface area (TPSA) is 20.2 Å². The molecule has 0 saturated heterocycles. The summed E-state index contributed by atoms with van der Waals surface area (Å²) in [7, 11) is 0. The van der Waals surface area contributed by atoms with E-state index in [1.54, 1.807) is 0 Å². The lowest BCUT2D eigenvalue weighted by molar-refractivity contribution is 0.127. The van der Waals surface area contributed by atoms with E-state index in [-0.39, 0.29) is 5.92 Å². The molecule has 0 bridgehead atoms. The average molecular weight is 314 g/mol. The maximum atomic E-state index is 10.1. The van der Waals surface area contributed by atoms with Crippen LogP contribution in [0, 0.1) is 5.92 Å². The second kappa shape index (κ2) is 8.68. The van der Waals surface area contributed by atoms with Crippen LogP contribution in [0.25, 0.3) is 0 Å². The number of allylic oxidation sites excluding steroid dienone is 1. The van der Waals surface area contributed by atoms with Gasteiger partial charge in [0.15, 0.2) is 0 Å². The predicted molar refractivity (Wildman–Crippen MR) is 80.5 cm³/mol. The standard InChI is InChI=1S/C14H23Cl3O/c15-14(16,17)13(18)12-10-8-6-4-2-1-3-5-7-9-11-12/h8,10,12-13,18H,1-7,9,11H2/b10-8+. The van der Waals surface area contributed by atoms with Crippen LogP contribution in [0.1, 0.15) is 57.8 Å². The van der Waals surface area contributed by atoms with E-state index >= 15 is 0 Å². The number of hydrogen-bond donors (Lipinski definition) is 1. The molecule has 0 fully saturated rings. The molecule has 106 valence electrons. The Morgan fingerprint density at radius 3 is 2.11 bits per heavy atom. The Balaban J connectivity index is 2.57. The molecule has 1 rings (SSSR count). The zero-order valence-corrected chi connectivity index (χ0v) is 13.0. The van der Waals surface area contributed by atoms with Crippen molar-refractivity contribution in [2.24, 2.45) is 5.92 Å². The highest BCUT2D eigenvalue weighted by atomic mass is 35.6. The van der Waals surface area contributed by atoms with Gasteiger partial charge in [0, 0.05) is 5.92 Å². The summed E-state index contributed by atoms with van der Waals surface area (Å²) in [6, 6.07) is 0. The minimum atomic E-state index is -1.59. The first kappa shape index (κ1) is 16.6. The van der Waals surface area contributed by atoms with E-state index in [0.29, 0.717) is 0 Å². The molecule has 0 aromatic rings. The number of hydrogen-bond acceptors (Lipinski definition) is 1. The molecule has 1 aliphatic rings. The molecule has 4 heteroatoms. The Morgan fingerprint density at radius 1 is 0.944 bits per heavy atom. The Bertz CT molecular complexity index is 248. The highest BCUT2D eigenvalue weighted by molar-refractivity contribution is 6.68. The van der Waals surface area contributed by atoms with Crippen molar-refractivity contribution in [1.82, 2.24) is 0 Å². The highest BCUT2D eigenvalue weighted by Gasteiger charge is 2.35. The van der Waals surface area contributed by atoms with E-state index in [4.69, 9.17) is 34.8 Å². The Hall–Kier alpha value is 0.570.